The van der Waals surface area contributed by atoms with Crippen molar-refractivity contribution >= 4 is 34.7 Å². The van der Waals surface area contributed by atoms with Gasteiger partial charge in [-0.05, 0) is 30.4 Å². The average molecular weight is 270 g/mol. The van der Waals surface area contributed by atoms with Gasteiger partial charge >= 0.3 is 0 Å². The molecule has 94 valence electrons. The number of fused-ring (bicyclic) bond motifs is 1. The van der Waals surface area contributed by atoms with E-state index < -0.39 is 0 Å². The molecular formula is C15H12ClN3. The zero-order valence-electron chi connectivity index (χ0n) is 10.4. The van der Waals surface area contributed by atoms with E-state index in [0.717, 1.165) is 22.2 Å². The Hall–Kier alpha value is -2.13. The van der Waals surface area contributed by atoms with Gasteiger partial charge in [-0.1, -0.05) is 23.7 Å². The molecule has 0 fully saturated rings. The summed E-state index contributed by atoms with van der Waals surface area (Å²) in [6.45, 7) is 0. The quantitative estimate of drug-likeness (QED) is 0.709. The maximum Gasteiger partial charge on any atom is 0.0724 e. The molecule has 0 bridgehead atoms. The number of benzene rings is 1. The van der Waals surface area contributed by atoms with Crippen molar-refractivity contribution in [3.05, 3.63) is 59.0 Å². The minimum absolute atomic E-state index is 0.702. The summed E-state index contributed by atoms with van der Waals surface area (Å²) in [5.41, 5.74) is 2.86. The molecule has 0 saturated carbocycles. The molecule has 0 aliphatic rings. The van der Waals surface area contributed by atoms with Crippen molar-refractivity contribution in [3.63, 3.8) is 0 Å². The van der Waals surface area contributed by atoms with Crippen LogP contribution in [-0.4, -0.2) is 14.8 Å². The van der Waals surface area contributed by atoms with Gasteiger partial charge in [0, 0.05) is 29.2 Å². The van der Waals surface area contributed by atoms with Crippen molar-refractivity contribution in [2.45, 2.75) is 0 Å². The summed E-state index contributed by atoms with van der Waals surface area (Å²) in [6, 6.07) is 9.75. The first-order valence-corrected chi connectivity index (χ1v) is 6.31. The molecule has 0 aliphatic carbocycles. The summed E-state index contributed by atoms with van der Waals surface area (Å²) in [5, 5.41) is 5.91. The van der Waals surface area contributed by atoms with E-state index in [1.54, 1.807) is 4.68 Å². The van der Waals surface area contributed by atoms with Gasteiger partial charge < -0.3 is 0 Å². The molecule has 0 N–H and O–H groups in total. The molecule has 0 aliphatic heterocycles. The highest BCUT2D eigenvalue weighted by atomic mass is 35.5. The van der Waals surface area contributed by atoms with E-state index in [2.05, 4.69) is 10.1 Å². The predicted octanol–water partition coefficient (Wildman–Crippen LogP) is 3.79. The van der Waals surface area contributed by atoms with Crippen LogP contribution in [0.4, 0.5) is 0 Å². The Balaban J connectivity index is 1.94. The second-order valence-corrected chi connectivity index (χ2v) is 4.79. The van der Waals surface area contributed by atoms with Crippen LogP contribution in [0.1, 0.15) is 11.3 Å². The van der Waals surface area contributed by atoms with Gasteiger partial charge in [0.15, 0.2) is 0 Å². The van der Waals surface area contributed by atoms with Gasteiger partial charge in [-0.25, -0.2) is 4.98 Å². The van der Waals surface area contributed by atoms with Gasteiger partial charge in [0.05, 0.1) is 17.4 Å². The van der Waals surface area contributed by atoms with E-state index >= 15 is 0 Å². The SMILES string of the molecule is Cn1cc(/C=C/c2ccc3ccc(Cl)cc3n2)cn1. The van der Waals surface area contributed by atoms with Crippen LogP contribution < -0.4 is 0 Å². The molecule has 4 heteroatoms. The van der Waals surface area contributed by atoms with Crippen LogP contribution in [0.5, 0.6) is 0 Å². The summed E-state index contributed by atoms with van der Waals surface area (Å²) in [6.07, 6.45) is 7.73. The minimum atomic E-state index is 0.702. The molecule has 3 aromatic rings. The van der Waals surface area contributed by atoms with E-state index in [4.69, 9.17) is 11.6 Å². The highest BCUT2D eigenvalue weighted by Crippen LogP contribution is 2.18. The number of pyridine rings is 1. The van der Waals surface area contributed by atoms with Crippen molar-refractivity contribution in [1.82, 2.24) is 14.8 Å². The van der Waals surface area contributed by atoms with Gasteiger partial charge in [0.2, 0.25) is 0 Å². The Kier molecular flexibility index (Phi) is 3.05. The van der Waals surface area contributed by atoms with Crippen molar-refractivity contribution in [2.24, 2.45) is 7.05 Å². The normalized spacial score (nSPS) is 11.5. The fourth-order valence-corrected chi connectivity index (χ4v) is 2.07. The standard InChI is InChI=1S/C15H12ClN3/c1-19-10-11(9-17-19)2-6-14-7-4-12-3-5-13(16)8-15(12)18-14/h2-10H,1H3/b6-2+. The third kappa shape index (κ3) is 2.66. The van der Waals surface area contributed by atoms with Crippen LogP contribution in [0.2, 0.25) is 5.02 Å². The van der Waals surface area contributed by atoms with Crippen LogP contribution in [0, 0.1) is 0 Å². The first kappa shape index (κ1) is 11.9. The molecule has 19 heavy (non-hydrogen) atoms. The molecule has 1 aromatic carbocycles. The maximum atomic E-state index is 5.98. The number of nitrogens with zero attached hydrogens (tertiary/aromatic N) is 3. The highest BCUT2D eigenvalue weighted by Gasteiger charge is 1.97. The third-order valence-corrected chi connectivity index (χ3v) is 3.08. The van der Waals surface area contributed by atoms with E-state index in [-0.39, 0.29) is 0 Å². The fraction of sp³-hybridized carbons (Fsp3) is 0.0667. The lowest BCUT2D eigenvalue weighted by Crippen LogP contribution is -1.84. The Morgan fingerprint density at radius 1 is 1.16 bits per heavy atom. The molecule has 0 saturated heterocycles. The lowest BCUT2D eigenvalue weighted by atomic mass is 10.2. The smallest absolute Gasteiger partial charge is 0.0724 e. The molecule has 3 nitrogen and oxygen atoms in total. The number of rotatable bonds is 2. The van der Waals surface area contributed by atoms with Crippen molar-refractivity contribution in [1.29, 1.82) is 0 Å². The monoisotopic (exact) mass is 269 g/mol. The molecule has 2 aromatic heterocycles. The lowest BCUT2D eigenvalue weighted by molar-refractivity contribution is 0.767. The molecule has 3 rings (SSSR count). The van der Waals surface area contributed by atoms with Crippen LogP contribution >= 0.6 is 11.6 Å². The topological polar surface area (TPSA) is 30.7 Å². The average Bonchev–Trinajstić information content (AvgIpc) is 2.81. The Bertz CT molecular complexity index is 759. The largest absolute Gasteiger partial charge is 0.275 e. The van der Waals surface area contributed by atoms with Crippen LogP contribution in [0.15, 0.2) is 42.7 Å². The van der Waals surface area contributed by atoms with Crippen LogP contribution in [-0.2, 0) is 7.05 Å². The highest BCUT2D eigenvalue weighted by molar-refractivity contribution is 6.31. The van der Waals surface area contributed by atoms with Gasteiger partial charge in [0.25, 0.3) is 0 Å². The lowest BCUT2D eigenvalue weighted by Gasteiger charge is -1.99. The number of halogens is 1. The van der Waals surface area contributed by atoms with E-state index in [1.165, 1.54) is 0 Å². The summed E-state index contributed by atoms with van der Waals surface area (Å²) in [5.74, 6) is 0. The second-order valence-electron chi connectivity index (χ2n) is 4.35. The van der Waals surface area contributed by atoms with E-state index in [1.807, 2.05) is 61.9 Å². The van der Waals surface area contributed by atoms with Gasteiger partial charge in [-0.2, -0.15) is 5.10 Å². The molecule has 0 unspecified atom stereocenters. The third-order valence-electron chi connectivity index (χ3n) is 2.85. The zero-order chi connectivity index (χ0) is 13.2. The summed E-state index contributed by atoms with van der Waals surface area (Å²) in [7, 11) is 1.90. The van der Waals surface area contributed by atoms with Gasteiger partial charge in [-0.15, -0.1) is 0 Å². The van der Waals surface area contributed by atoms with Crippen molar-refractivity contribution in [3.8, 4) is 0 Å². The summed E-state index contributed by atoms with van der Waals surface area (Å²) in [4.78, 5) is 4.56. The van der Waals surface area contributed by atoms with Gasteiger partial charge in [-0.3, -0.25) is 4.68 Å². The van der Waals surface area contributed by atoms with Gasteiger partial charge in [0.1, 0.15) is 0 Å². The van der Waals surface area contributed by atoms with Crippen molar-refractivity contribution in [2.75, 3.05) is 0 Å². The van der Waals surface area contributed by atoms with Crippen molar-refractivity contribution < 1.29 is 0 Å². The Labute approximate surface area is 116 Å². The minimum Gasteiger partial charge on any atom is -0.275 e. The first-order valence-electron chi connectivity index (χ1n) is 5.94. The summed E-state index contributed by atoms with van der Waals surface area (Å²) >= 11 is 5.98. The Morgan fingerprint density at radius 3 is 2.79 bits per heavy atom. The first-order chi connectivity index (χ1) is 9.20. The van der Waals surface area contributed by atoms with E-state index in [0.29, 0.717) is 5.02 Å². The number of hydrogen-bond donors (Lipinski definition) is 0. The number of aromatic nitrogens is 3. The fourth-order valence-electron chi connectivity index (χ4n) is 1.91. The zero-order valence-corrected chi connectivity index (χ0v) is 11.2. The number of hydrogen-bond acceptors (Lipinski definition) is 2. The summed E-state index contributed by atoms with van der Waals surface area (Å²) < 4.78 is 1.77. The molecule has 0 atom stereocenters. The number of aryl methyl sites for hydroxylation is 1. The maximum absolute atomic E-state index is 5.98. The predicted molar refractivity (Wildman–Crippen MR) is 78.9 cm³/mol. The Morgan fingerprint density at radius 2 is 2.00 bits per heavy atom. The molecule has 2 heterocycles. The van der Waals surface area contributed by atoms with Crippen LogP contribution in [0.3, 0.4) is 0 Å². The molecular weight excluding hydrogens is 258 g/mol. The second kappa shape index (κ2) is 4.86. The van der Waals surface area contributed by atoms with Crippen LogP contribution in [0.25, 0.3) is 23.1 Å². The van der Waals surface area contributed by atoms with E-state index in [9.17, 15) is 0 Å². The molecule has 0 amide bonds. The molecule has 0 radical (unpaired) electrons. The molecule has 0 spiro atoms.